The second-order valence-electron chi connectivity index (χ2n) is 17.5. The van der Waals surface area contributed by atoms with Gasteiger partial charge in [-0.2, -0.15) is 0 Å². The van der Waals surface area contributed by atoms with E-state index in [-0.39, 0.29) is 0 Å². The van der Waals surface area contributed by atoms with Gasteiger partial charge >= 0.3 is 0 Å². The van der Waals surface area contributed by atoms with Gasteiger partial charge in [-0.05, 0) is 88.5 Å². The summed E-state index contributed by atoms with van der Waals surface area (Å²) in [5.41, 5.74) is 15.9. The lowest BCUT2D eigenvalue weighted by Crippen LogP contribution is -2.00. The first-order chi connectivity index (χ1) is 34.2. The van der Waals surface area contributed by atoms with Crippen molar-refractivity contribution in [1.82, 2.24) is 19.5 Å². The number of hydrogen-bond acceptors (Lipinski definition) is 5. The third kappa shape index (κ3) is 6.38. The van der Waals surface area contributed by atoms with Gasteiger partial charge in [0.25, 0.3) is 0 Å². The maximum atomic E-state index is 6.86. The van der Waals surface area contributed by atoms with Gasteiger partial charge in [-0.15, -0.1) is 0 Å². The Labute approximate surface area is 396 Å². The number of benzene rings is 10. The van der Waals surface area contributed by atoms with Crippen molar-refractivity contribution in [2.45, 2.75) is 0 Å². The van der Waals surface area contributed by atoms with Crippen LogP contribution in [0.15, 0.2) is 239 Å². The normalized spacial score (nSPS) is 11.8. The summed E-state index contributed by atoms with van der Waals surface area (Å²) in [5, 5.41) is 6.56. The van der Waals surface area contributed by atoms with E-state index in [1.807, 2.05) is 72.8 Å². The molecule has 0 bridgehead atoms. The Kier molecular flexibility index (Phi) is 8.79. The van der Waals surface area contributed by atoms with Crippen LogP contribution in [0.1, 0.15) is 0 Å². The van der Waals surface area contributed by atoms with Crippen LogP contribution in [0.3, 0.4) is 0 Å². The number of furan rings is 2. The van der Waals surface area contributed by atoms with Crippen molar-refractivity contribution < 1.29 is 8.83 Å². The van der Waals surface area contributed by atoms with Gasteiger partial charge in [-0.1, -0.05) is 170 Å². The predicted octanol–water partition coefficient (Wildman–Crippen LogP) is 16.8. The molecule has 14 aromatic rings. The van der Waals surface area contributed by atoms with E-state index in [1.165, 1.54) is 21.9 Å². The van der Waals surface area contributed by atoms with Crippen LogP contribution >= 0.6 is 0 Å². The van der Waals surface area contributed by atoms with Gasteiger partial charge in [0.2, 0.25) is 0 Å². The molecule has 14 rings (SSSR count). The molecule has 0 unspecified atom stereocenters. The van der Waals surface area contributed by atoms with Crippen LogP contribution in [-0.2, 0) is 0 Å². The number of hydrogen-bond donors (Lipinski definition) is 0. The molecule has 0 saturated carbocycles. The first-order valence-corrected chi connectivity index (χ1v) is 23.2. The molecule has 4 aromatic heterocycles. The molecule has 0 fully saturated rings. The molecule has 6 nitrogen and oxygen atoms in total. The minimum atomic E-state index is 0.554. The van der Waals surface area contributed by atoms with Crippen LogP contribution in [0.25, 0.3) is 139 Å². The molecule has 0 N–H and O–H groups in total. The number of rotatable bonds is 7. The Morgan fingerprint density at radius 2 is 0.870 bits per heavy atom. The van der Waals surface area contributed by atoms with Gasteiger partial charge in [-0.3, -0.25) is 0 Å². The predicted molar refractivity (Wildman–Crippen MR) is 281 cm³/mol. The highest BCUT2D eigenvalue weighted by molar-refractivity contribution is 6.17. The molecule has 4 heterocycles. The second-order valence-corrected chi connectivity index (χ2v) is 17.5. The summed E-state index contributed by atoms with van der Waals surface area (Å²) in [4.78, 5) is 15.0. The van der Waals surface area contributed by atoms with Crippen molar-refractivity contribution in [3.05, 3.63) is 231 Å². The van der Waals surface area contributed by atoms with E-state index in [9.17, 15) is 0 Å². The van der Waals surface area contributed by atoms with Crippen LogP contribution in [0, 0.1) is 0 Å². The molecular weight excluding hydrogens is 845 g/mol. The summed E-state index contributed by atoms with van der Waals surface area (Å²) in [6, 6.07) is 80.5. The first-order valence-electron chi connectivity index (χ1n) is 23.2. The van der Waals surface area contributed by atoms with Gasteiger partial charge < -0.3 is 13.4 Å². The lowest BCUT2D eigenvalue weighted by Gasteiger charge is -2.16. The van der Waals surface area contributed by atoms with E-state index in [2.05, 4.69) is 162 Å². The average molecular weight is 883 g/mol. The smallest absolute Gasteiger partial charge is 0.167 e. The second kappa shape index (κ2) is 15.6. The molecule has 0 saturated heterocycles. The maximum absolute atomic E-state index is 6.86. The number of aromatic nitrogens is 4. The van der Waals surface area contributed by atoms with E-state index in [1.54, 1.807) is 0 Å². The third-order valence-corrected chi connectivity index (χ3v) is 13.5. The van der Waals surface area contributed by atoms with Crippen molar-refractivity contribution in [2.24, 2.45) is 0 Å². The Balaban J connectivity index is 0.928. The SMILES string of the molecule is c1ccc(-c2ccc3c(c2)c2ccccc2n3-c2c(-c3cccc(-c4ccc5c(c4)oc4c(-c6nc(-c7ccccc7)nc(-c7ccccc7)n6)cccc45)c3)ccc3oc4ccccc4c23)cc1. The molecular formula is C63H38N4O2. The Morgan fingerprint density at radius 1 is 0.290 bits per heavy atom. The summed E-state index contributed by atoms with van der Waals surface area (Å²) in [5.74, 6) is 1.76. The topological polar surface area (TPSA) is 69.9 Å². The van der Waals surface area contributed by atoms with Crippen molar-refractivity contribution in [1.29, 1.82) is 0 Å². The molecule has 322 valence electrons. The minimum absolute atomic E-state index is 0.554. The molecule has 0 spiro atoms. The molecule has 0 amide bonds. The fourth-order valence-electron chi connectivity index (χ4n) is 10.2. The Morgan fingerprint density at radius 3 is 1.65 bits per heavy atom. The molecule has 0 aliphatic heterocycles. The van der Waals surface area contributed by atoms with E-state index in [4.69, 9.17) is 23.8 Å². The van der Waals surface area contributed by atoms with Crippen molar-refractivity contribution >= 4 is 65.7 Å². The summed E-state index contributed by atoms with van der Waals surface area (Å²) < 4.78 is 15.9. The summed E-state index contributed by atoms with van der Waals surface area (Å²) in [6.45, 7) is 0. The Bertz CT molecular complexity index is 4250. The highest BCUT2D eigenvalue weighted by Gasteiger charge is 2.23. The van der Waals surface area contributed by atoms with E-state index in [0.717, 1.165) is 99.5 Å². The molecule has 0 aliphatic rings. The fourth-order valence-corrected chi connectivity index (χ4v) is 10.2. The van der Waals surface area contributed by atoms with E-state index < -0.39 is 0 Å². The van der Waals surface area contributed by atoms with Crippen molar-refractivity contribution in [3.63, 3.8) is 0 Å². The quantitative estimate of drug-likeness (QED) is 0.159. The standard InChI is InChI=1S/C63H38N4O2/c1-4-16-39(17-5-1)43-31-34-54-52(37-43)47-24-10-12-28-53(47)67(54)59-46(33-35-56-58(59)50-25-11-13-29-55(50)68-56)45-23-14-22-42(36-45)44-30-32-48-49-26-15-27-51(60(49)69-57(48)38-44)63-65-61(40-18-6-2-7-19-40)64-62(66-63)41-20-8-3-9-21-41/h1-38H. The highest BCUT2D eigenvalue weighted by Crippen LogP contribution is 2.45. The molecule has 10 aromatic carbocycles. The zero-order valence-corrected chi connectivity index (χ0v) is 37.0. The van der Waals surface area contributed by atoms with Crippen LogP contribution in [-0.4, -0.2) is 19.5 Å². The van der Waals surface area contributed by atoms with Gasteiger partial charge in [-0.25, -0.2) is 15.0 Å². The summed E-state index contributed by atoms with van der Waals surface area (Å²) in [7, 11) is 0. The van der Waals surface area contributed by atoms with Gasteiger partial charge in [0.1, 0.15) is 22.3 Å². The summed E-state index contributed by atoms with van der Waals surface area (Å²) >= 11 is 0. The van der Waals surface area contributed by atoms with Gasteiger partial charge in [0.05, 0.1) is 27.7 Å². The number of fused-ring (bicyclic) bond motifs is 9. The number of nitrogens with zero attached hydrogens (tertiary/aromatic N) is 4. The summed E-state index contributed by atoms with van der Waals surface area (Å²) in [6.07, 6.45) is 0. The zero-order valence-electron chi connectivity index (χ0n) is 37.0. The molecule has 0 radical (unpaired) electrons. The van der Waals surface area contributed by atoms with Crippen molar-refractivity contribution in [2.75, 3.05) is 0 Å². The monoisotopic (exact) mass is 882 g/mol. The lowest BCUT2D eigenvalue weighted by molar-refractivity contribution is 0.668. The molecule has 0 atom stereocenters. The Hall–Kier alpha value is -9.39. The molecule has 6 heteroatoms. The van der Waals surface area contributed by atoms with Crippen LogP contribution < -0.4 is 0 Å². The minimum Gasteiger partial charge on any atom is -0.456 e. The maximum Gasteiger partial charge on any atom is 0.167 e. The zero-order chi connectivity index (χ0) is 45.4. The van der Waals surface area contributed by atoms with Gasteiger partial charge in [0.15, 0.2) is 17.5 Å². The highest BCUT2D eigenvalue weighted by atomic mass is 16.3. The number of para-hydroxylation sites is 3. The van der Waals surface area contributed by atoms with E-state index >= 15 is 0 Å². The van der Waals surface area contributed by atoms with Crippen LogP contribution in [0.2, 0.25) is 0 Å². The van der Waals surface area contributed by atoms with Crippen LogP contribution in [0.4, 0.5) is 0 Å². The largest absolute Gasteiger partial charge is 0.456 e. The lowest BCUT2D eigenvalue weighted by atomic mass is 9.95. The molecule has 0 aliphatic carbocycles. The van der Waals surface area contributed by atoms with Crippen molar-refractivity contribution in [3.8, 4) is 73.2 Å². The van der Waals surface area contributed by atoms with E-state index in [0.29, 0.717) is 17.5 Å². The fraction of sp³-hybridized carbons (Fsp3) is 0. The van der Waals surface area contributed by atoms with Gasteiger partial charge in [0, 0.05) is 43.6 Å². The third-order valence-electron chi connectivity index (χ3n) is 13.5. The van der Waals surface area contributed by atoms with Crippen LogP contribution in [0.5, 0.6) is 0 Å². The first kappa shape index (κ1) is 38.8. The molecule has 69 heavy (non-hydrogen) atoms. The average Bonchev–Trinajstić information content (AvgIpc) is 4.10.